The van der Waals surface area contributed by atoms with Gasteiger partial charge in [0.15, 0.2) is 0 Å². The van der Waals surface area contributed by atoms with Crippen molar-refractivity contribution < 1.29 is 9.13 Å². The number of hydrogen-bond donors (Lipinski definition) is 0. The number of ether oxygens (including phenoxy) is 1. The maximum Gasteiger partial charge on any atom is 0.123 e. The number of fused-ring (bicyclic) bond motifs is 1. The molecule has 182 valence electrons. The molecule has 0 bridgehead atoms. The minimum atomic E-state index is -0.173. The van der Waals surface area contributed by atoms with Crippen molar-refractivity contribution in [2.75, 3.05) is 44.2 Å². The van der Waals surface area contributed by atoms with Crippen molar-refractivity contribution >= 4 is 30.5 Å². The number of halogens is 3. The van der Waals surface area contributed by atoms with Crippen LogP contribution in [0.3, 0.4) is 0 Å². The van der Waals surface area contributed by atoms with Crippen LogP contribution < -0.4 is 4.90 Å². The lowest BCUT2D eigenvalue weighted by atomic mass is 9.69. The molecule has 0 N–H and O–H groups in total. The summed E-state index contributed by atoms with van der Waals surface area (Å²) in [6.07, 6.45) is 2.20. The lowest BCUT2D eigenvalue weighted by Gasteiger charge is -2.41. The van der Waals surface area contributed by atoms with Gasteiger partial charge in [-0.1, -0.05) is 54.6 Å². The van der Waals surface area contributed by atoms with Gasteiger partial charge in [0.05, 0.1) is 13.2 Å². The summed E-state index contributed by atoms with van der Waals surface area (Å²) in [6, 6.07) is 26.5. The highest BCUT2D eigenvalue weighted by Gasteiger charge is 2.38. The van der Waals surface area contributed by atoms with Gasteiger partial charge in [0.2, 0.25) is 0 Å². The molecule has 0 aliphatic carbocycles. The Hall–Kier alpha value is -2.11. The van der Waals surface area contributed by atoms with E-state index in [4.69, 9.17) is 4.74 Å². The minimum Gasteiger partial charge on any atom is -0.375 e. The number of piperazine rings is 1. The van der Waals surface area contributed by atoms with E-state index in [9.17, 15) is 4.39 Å². The highest BCUT2D eigenvalue weighted by Crippen LogP contribution is 2.42. The van der Waals surface area contributed by atoms with Crippen molar-refractivity contribution in [2.45, 2.75) is 24.9 Å². The van der Waals surface area contributed by atoms with Gasteiger partial charge in [0.25, 0.3) is 0 Å². The zero-order chi connectivity index (χ0) is 21.8. The molecule has 2 aliphatic heterocycles. The number of anilines is 1. The van der Waals surface area contributed by atoms with E-state index in [2.05, 4.69) is 64.4 Å². The maximum atomic E-state index is 13.2. The van der Waals surface area contributed by atoms with Gasteiger partial charge in [-0.25, -0.2) is 4.39 Å². The summed E-state index contributed by atoms with van der Waals surface area (Å²) in [5, 5.41) is 0. The van der Waals surface area contributed by atoms with E-state index in [0.29, 0.717) is 6.61 Å². The van der Waals surface area contributed by atoms with Crippen LogP contribution in [-0.2, 0) is 16.8 Å². The Morgan fingerprint density at radius 1 is 0.794 bits per heavy atom. The Bertz CT molecular complexity index is 1030. The van der Waals surface area contributed by atoms with E-state index >= 15 is 0 Å². The van der Waals surface area contributed by atoms with Crippen LogP contribution in [0.4, 0.5) is 10.1 Å². The van der Waals surface area contributed by atoms with E-state index in [1.165, 1.54) is 16.7 Å². The van der Waals surface area contributed by atoms with Gasteiger partial charge in [0.1, 0.15) is 5.82 Å². The third-order valence-corrected chi connectivity index (χ3v) is 7.11. The van der Waals surface area contributed by atoms with Crippen LogP contribution in [-0.4, -0.2) is 44.2 Å². The smallest absolute Gasteiger partial charge is 0.123 e. The second-order valence-corrected chi connectivity index (χ2v) is 9.01. The predicted molar refractivity (Wildman–Crippen MR) is 142 cm³/mol. The second kappa shape index (κ2) is 12.0. The molecule has 2 aliphatic rings. The summed E-state index contributed by atoms with van der Waals surface area (Å²) in [6.45, 7) is 6.60. The molecule has 1 fully saturated rings. The van der Waals surface area contributed by atoms with Crippen molar-refractivity contribution in [2.24, 2.45) is 0 Å². The van der Waals surface area contributed by atoms with Crippen LogP contribution >= 0.6 is 24.8 Å². The largest absolute Gasteiger partial charge is 0.375 e. The zero-order valence-corrected chi connectivity index (χ0v) is 21.0. The van der Waals surface area contributed by atoms with Crippen molar-refractivity contribution in [1.29, 1.82) is 0 Å². The van der Waals surface area contributed by atoms with Gasteiger partial charge in [-0.2, -0.15) is 0 Å². The Labute approximate surface area is 214 Å². The molecule has 34 heavy (non-hydrogen) atoms. The van der Waals surface area contributed by atoms with Gasteiger partial charge in [-0.05, 0) is 60.3 Å². The molecule has 5 rings (SSSR count). The molecule has 1 unspecified atom stereocenters. The summed E-state index contributed by atoms with van der Waals surface area (Å²) >= 11 is 0. The van der Waals surface area contributed by atoms with Gasteiger partial charge in [-0.15, -0.1) is 24.8 Å². The molecule has 2 heterocycles. The molecule has 0 aromatic heterocycles. The topological polar surface area (TPSA) is 15.7 Å². The molecular formula is C28H33Cl2FN2O. The molecule has 1 atom stereocenters. The first-order valence-corrected chi connectivity index (χ1v) is 11.7. The van der Waals surface area contributed by atoms with Gasteiger partial charge >= 0.3 is 0 Å². The van der Waals surface area contributed by atoms with Crippen molar-refractivity contribution in [3.63, 3.8) is 0 Å². The second-order valence-electron chi connectivity index (χ2n) is 9.01. The number of hydrogen-bond acceptors (Lipinski definition) is 3. The average molecular weight is 503 g/mol. The fourth-order valence-corrected chi connectivity index (χ4v) is 5.36. The van der Waals surface area contributed by atoms with Crippen molar-refractivity contribution in [3.8, 4) is 0 Å². The van der Waals surface area contributed by atoms with Gasteiger partial charge in [-0.3, -0.25) is 4.90 Å². The third kappa shape index (κ3) is 5.58. The molecule has 3 aromatic rings. The quantitative estimate of drug-likeness (QED) is 0.405. The molecule has 0 saturated carbocycles. The van der Waals surface area contributed by atoms with Crippen LogP contribution in [0.2, 0.25) is 0 Å². The maximum absolute atomic E-state index is 13.2. The first kappa shape index (κ1) is 26.5. The summed E-state index contributed by atoms with van der Waals surface area (Å²) in [5.74, 6) is -0.173. The first-order chi connectivity index (χ1) is 15.7. The first-order valence-electron chi connectivity index (χ1n) is 11.7. The molecular weight excluding hydrogens is 470 g/mol. The molecule has 1 saturated heterocycles. The van der Waals surface area contributed by atoms with Crippen LogP contribution in [0, 0.1) is 5.82 Å². The lowest BCUT2D eigenvalue weighted by molar-refractivity contribution is 0.0599. The molecule has 0 radical (unpaired) electrons. The monoisotopic (exact) mass is 502 g/mol. The van der Waals surface area contributed by atoms with Crippen LogP contribution in [0.15, 0.2) is 78.9 Å². The van der Waals surface area contributed by atoms with E-state index in [0.717, 1.165) is 57.9 Å². The van der Waals surface area contributed by atoms with E-state index in [1.807, 2.05) is 12.1 Å². The number of nitrogens with zero attached hydrogens (tertiary/aromatic N) is 2. The number of benzene rings is 3. The summed E-state index contributed by atoms with van der Waals surface area (Å²) in [7, 11) is 0. The normalized spacial score (nSPS) is 20.1. The van der Waals surface area contributed by atoms with Crippen LogP contribution in [0.1, 0.15) is 29.5 Å². The Balaban J connectivity index is 0.00000162. The summed E-state index contributed by atoms with van der Waals surface area (Å²) in [4.78, 5) is 4.92. The standard InChI is InChI=1S/C28H31FN2O.2ClH/c29-25-11-13-26(14-12-25)31-19-17-30(18-20-31)16-6-15-28(24-8-2-1-3-9-24)22-32-21-23-7-4-5-10-27(23)28;;/h1-5,7-14H,6,15-22H2;2*1H. The zero-order valence-electron chi connectivity index (χ0n) is 19.4. The van der Waals surface area contributed by atoms with Crippen molar-refractivity contribution in [3.05, 3.63) is 101 Å². The lowest BCUT2D eigenvalue weighted by Crippen LogP contribution is -2.47. The average Bonchev–Trinajstić information content (AvgIpc) is 2.86. The number of rotatable bonds is 6. The predicted octanol–water partition coefficient (Wildman–Crippen LogP) is 6.09. The summed E-state index contributed by atoms with van der Waals surface area (Å²) in [5.41, 5.74) is 5.14. The van der Waals surface area contributed by atoms with Crippen LogP contribution in [0.5, 0.6) is 0 Å². The van der Waals surface area contributed by atoms with E-state index in [1.54, 1.807) is 12.1 Å². The highest BCUT2D eigenvalue weighted by atomic mass is 35.5. The summed E-state index contributed by atoms with van der Waals surface area (Å²) < 4.78 is 19.4. The highest BCUT2D eigenvalue weighted by molar-refractivity contribution is 5.85. The Kier molecular flexibility index (Phi) is 9.38. The minimum absolute atomic E-state index is 0. The van der Waals surface area contributed by atoms with Gasteiger partial charge in [0, 0.05) is 37.3 Å². The molecule has 6 heteroatoms. The van der Waals surface area contributed by atoms with E-state index < -0.39 is 0 Å². The van der Waals surface area contributed by atoms with Crippen molar-refractivity contribution in [1.82, 2.24) is 4.90 Å². The molecule has 3 nitrogen and oxygen atoms in total. The fraction of sp³-hybridized carbons (Fsp3) is 0.357. The Morgan fingerprint density at radius 3 is 2.21 bits per heavy atom. The Morgan fingerprint density at radius 2 is 1.47 bits per heavy atom. The van der Waals surface area contributed by atoms with Gasteiger partial charge < -0.3 is 9.64 Å². The fourth-order valence-electron chi connectivity index (χ4n) is 5.36. The van der Waals surface area contributed by atoms with E-state index in [-0.39, 0.29) is 36.0 Å². The molecule has 3 aromatic carbocycles. The molecule has 0 spiro atoms. The third-order valence-electron chi connectivity index (χ3n) is 7.11. The molecule has 0 amide bonds. The van der Waals surface area contributed by atoms with Crippen LogP contribution in [0.25, 0.3) is 0 Å². The SMILES string of the molecule is Cl.Cl.Fc1ccc(N2CCN(CCCC3(c4ccccc4)COCc4ccccc43)CC2)cc1.